The number of carbonyl (C=O) groups excluding carboxylic acids is 1. The fourth-order valence-electron chi connectivity index (χ4n) is 4.54. The molecule has 0 saturated carbocycles. The molecule has 4 rings (SSSR count). The Morgan fingerprint density at radius 2 is 1.92 bits per heavy atom. The molecule has 1 heterocycles. The molecule has 2 aromatic carbocycles. The number of ether oxygens (including phenoxy) is 2. The number of halogens is 1. The van der Waals surface area contributed by atoms with Crippen LogP contribution < -0.4 is 14.8 Å². The summed E-state index contributed by atoms with van der Waals surface area (Å²) >= 11 is 3.91. The van der Waals surface area contributed by atoms with E-state index in [4.69, 9.17) is 14.5 Å². The van der Waals surface area contributed by atoms with E-state index in [-0.39, 0.29) is 5.91 Å². The van der Waals surface area contributed by atoms with Gasteiger partial charge in [0.1, 0.15) is 5.00 Å². The van der Waals surface area contributed by atoms with Crippen molar-refractivity contribution in [3.63, 3.8) is 0 Å². The second-order valence-electron chi connectivity index (χ2n) is 9.10. The number of carbonyl (C=O) groups is 1. The van der Waals surface area contributed by atoms with E-state index in [0.717, 1.165) is 67.9 Å². The van der Waals surface area contributed by atoms with Crippen LogP contribution in [0.2, 0.25) is 0 Å². The van der Waals surface area contributed by atoms with Gasteiger partial charge in [-0.15, -0.1) is 11.3 Å². The lowest BCUT2D eigenvalue weighted by Gasteiger charge is -2.13. The highest BCUT2D eigenvalue weighted by Gasteiger charge is 2.24. The van der Waals surface area contributed by atoms with Crippen LogP contribution in [-0.2, 0) is 12.8 Å². The molecule has 1 N–H and O–H groups in total. The number of nitrogens with one attached hydrogen (secondary N) is 1. The molecule has 1 aliphatic rings. The predicted octanol–water partition coefficient (Wildman–Crippen LogP) is 8.04. The van der Waals surface area contributed by atoms with Crippen LogP contribution in [0.5, 0.6) is 11.5 Å². The number of aliphatic imine (C=N–C) groups is 1. The molecule has 0 spiro atoms. The molecule has 0 unspecified atom stereocenters. The first kappa shape index (κ1) is 26.7. The van der Waals surface area contributed by atoms with Crippen LogP contribution in [0.15, 0.2) is 35.3 Å². The number of nitrogens with zero attached hydrogens (tertiary/aromatic N) is 1. The Kier molecular flexibility index (Phi) is 9.06. The van der Waals surface area contributed by atoms with Crippen molar-refractivity contribution >= 4 is 56.7 Å². The number of methoxy groups -OCH3 is 1. The summed E-state index contributed by atoms with van der Waals surface area (Å²) in [5, 5.41) is 3.96. The van der Waals surface area contributed by atoms with Crippen LogP contribution in [0.1, 0.15) is 70.1 Å². The highest BCUT2D eigenvalue weighted by Crippen LogP contribution is 2.40. The zero-order valence-electron chi connectivity index (χ0n) is 21.4. The number of fused-ring (bicyclic) bond motifs is 1. The number of aryl methyl sites for hydroxylation is 3. The maximum atomic E-state index is 13.7. The number of benzene rings is 2. The third-order valence-electron chi connectivity index (χ3n) is 6.39. The lowest BCUT2D eigenvalue weighted by molar-refractivity contribution is 0.102. The first-order chi connectivity index (χ1) is 17.4. The smallest absolute Gasteiger partial charge is 0.259 e. The SMILES string of the molecule is CCOc1cc(C=Nc2sc3c(c2C(=O)Nc2cc(C)ccc2C)CCCCCC3)cc(I)c1OC. The molecule has 1 aromatic heterocycles. The Bertz CT molecular complexity index is 1280. The fourth-order valence-corrected chi connectivity index (χ4v) is 6.62. The first-order valence-electron chi connectivity index (χ1n) is 12.5. The van der Waals surface area contributed by atoms with Crippen molar-refractivity contribution in [2.45, 2.75) is 59.3 Å². The zero-order valence-corrected chi connectivity index (χ0v) is 24.3. The van der Waals surface area contributed by atoms with Gasteiger partial charge in [-0.2, -0.15) is 0 Å². The van der Waals surface area contributed by atoms with Crippen molar-refractivity contribution in [2.75, 3.05) is 19.0 Å². The van der Waals surface area contributed by atoms with Crippen LogP contribution in [-0.4, -0.2) is 25.8 Å². The molecule has 0 radical (unpaired) electrons. The average molecular weight is 617 g/mol. The molecule has 3 aromatic rings. The van der Waals surface area contributed by atoms with Crippen molar-refractivity contribution in [3.05, 3.63) is 66.6 Å². The lowest BCUT2D eigenvalue weighted by Crippen LogP contribution is -2.15. The summed E-state index contributed by atoms with van der Waals surface area (Å²) in [4.78, 5) is 19.9. The third kappa shape index (κ3) is 6.11. The van der Waals surface area contributed by atoms with Gasteiger partial charge in [0.25, 0.3) is 5.91 Å². The van der Waals surface area contributed by atoms with Crippen molar-refractivity contribution in [1.29, 1.82) is 0 Å². The van der Waals surface area contributed by atoms with Gasteiger partial charge in [-0.1, -0.05) is 25.0 Å². The Morgan fingerprint density at radius 1 is 1.14 bits per heavy atom. The van der Waals surface area contributed by atoms with Gasteiger partial charge in [0.15, 0.2) is 11.5 Å². The number of hydrogen-bond acceptors (Lipinski definition) is 5. The molecule has 0 bridgehead atoms. The van der Waals surface area contributed by atoms with Crippen LogP contribution in [0.3, 0.4) is 0 Å². The quantitative estimate of drug-likeness (QED) is 0.216. The van der Waals surface area contributed by atoms with E-state index in [1.165, 1.54) is 23.3 Å². The molecular formula is C29H33IN2O3S. The van der Waals surface area contributed by atoms with E-state index < -0.39 is 0 Å². The van der Waals surface area contributed by atoms with E-state index in [9.17, 15) is 4.79 Å². The van der Waals surface area contributed by atoms with Gasteiger partial charge in [-0.05, 0) is 109 Å². The molecule has 7 heteroatoms. The number of anilines is 1. The summed E-state index contributed by atoms with van der Waals surface area (Å²) in [6.45, 7) is 6.56. The summed E-state index contributed by atoms with van der Waals surface area (Å²) < 4.78 is 12.3. The third-order valence-corrected chi connectivity index (χ3v) is 8.39. The number of amides is 1. The molecule has 1 amide bonds. The Labute approximate surface area is 231 Å². The standard InChI is InChI=1S/C29H33IN2O3S/c1-5-35-24-16-20(15-22(30)27(24)34-4)17-31-29-26(21-10-8-6-7-9-11-25(21)36-29)28(33)32-23-14-18(2)12-13-19(23)3/h12-17H,5-11H2,1-4H3,(H,32,33). The minimum Gasteiger partial charge on any atom is -0.492 e. The van der Waals surface area contributed by atoms with Gasteiger partial charge in [0.2, 0.25) is 0 Å². The molecule has 0 fully saturated rings. The molecular weight excluding hydrogens is 583 g/mol. The van der Waals surface area contributed by atoms with Crippen molar-refractivity contribution in [1.82, 2.24) is 0 Å². The first-order valence-corrected chi connectivity index (χ1v) is 14.4. The lowest BCUT2D eigenvalue weighted by atomic mass is 9.96. The molecule has 0 atom stereocenters. The van der Waals surface area contributed by atoms with E-state index in [1.807, 2.05) is 51.3 Å². The van der Waals surface area contributed by atoms with Gasteiger partial charge in [-0.3, -0.25) is 4.79 Å². The summed E-state index contributed by atoms with van der Waals surface area (Å²) in [6.07, 6.45) is 8.47. The minimum absolute atomic E-state index is 0.0757. The zero-order chi connectivity index (χ0) is 25.7. The van der Waals surface area contributed by atoms with E-state index in [1.54, 1.807) is 18.4 Å². The molecule has 0 aliphatic heterocycles. The summed E-state index contributed by atoms with van der Waals surface area (Å²) in [5.74, 6) is 1.34. The van der Waals surface area contributed by atoms with Crippen LogP contribution in [0, 0.1) is 17.4 Å². The van der Waals surface area contributed by atoms with Crippen molar-refractivity contribution in [2.24, 2.45) is 4.99 Å². The molecule has 1 aliphatic carbocycles. The van der Waals surface area contributed by atoms with E-state index in [2.05, 4.69) is 34.0 Å². The number of thiophene rings is 1. The van der Waals surface area contributed by atoms with Crippen molar-refractivity contribution < 1.29 is 14.3 Å². The van der Waals surface area contributed by atoms with E-state index in [0.29, 0.717) is 12.4 Å². The maximum absolute atomic E-state index is 13.7. The molecule has 5 nitrogen and oxygen atoms in total. The average Bonchev–Trinajstić information content (AvgIpc) is 3.16. The van der Waals surface area contributed by atoms with Gasteiger partial charge >= 0.3 is 0 Å². The van der Waals surface area contributed by atoms with Crippen LogP contribution in [0.4, 0.5) is 10.7 Å². The normalized spacial score (nSPS) is 13.7. The summed E-state index contributed by atoms with van der Waals surface area (Å²) in [6, 6.07) is 10.1. The molecule has 36 heavy (non-hydrogen) atoms. The van der Waals surface area contributed by atoms with Gasteiger partial charge < -0.3 is 14.8 Å². The fraction of sp³-hybridized carbons (Fsp3) is 0.379. The maximum Gasteiger partial charge on any atom is 0.259 e. The van der Waals surface area contributed by atoms with Gasteiger partial charge in [0.05, 0.1) is 22.9 Å². The van der Waals surface area contributed by atoms with Crippen molar-refractivity contribution in [3.8, 4) is 11.5 Å². The van der Waals surface area contributed by atoms with Crippen LogP contribution in [0.25, 0.3) is 0 Å². The summed E-state index contributed by atoms with van der Waals surface area (Å²) in [5.41, 5.74) is 5.83. The number of rotatable bonds is 7. The topological polar surface area (TPSA) is 59.9 Å². The van der Waals surface area contributed by atoms with E-state index >= 15 is 0 Å². The molecule has 190 valence electrons. The second kappa shape index (κ2) is 12.2. The Morgan fingerprint density at radius 3 is 2.67 bits per heavy atom. The Balaban J connectivity index is 1.73. The second-order valence-corrected chi connectivity index (χ2v) is 11.3. The monoisotopic (exact) mass is 616 g/mol. The predicted molar refractivity (Wildman–Crippen MR) is 158 cm³/mol. The Hall–Kier alpha value is -2.39. The molecule has 0 saturated heterocycles. The highest BCUT2D eigenvalue weighted by atomic mass is 127. The highest BCUT2D eigenvalue weighted by molar-refractivity contribution is 14.1. The van der Waals surface area contributed by atoms with Crippen LogP contribution >= 0.6 is 33.9 Å². The number of hydrogen-bond donors (Lipinski definition) is 1. The van der Waals surface area contributed by atoms with Gasteiger partial charge in [0, 0.05) is 16.8 Å². The largest absolute Gasteiger partial charge is 0.492 e. The van der Waals surface area contributed by atoms with Gasteiger partial charge in [-0.25, -0.2) is 4.99 Å². The minimum atomic E-state index is -0.0757. The summed E-state index contributed by atoms with van der Waals surface area (Å²) in [7, 11) is 1.65.